The first-order chi connectivity index (χ1) is 4.11. The Morgan fingerprint density at radius 1 is 1.33 bits per heavy atom. The molecule has 0 unspecified atom stereocenters. The molecule has 0 N–H and O–H groups in total. The van der Waals surface area contributed by atoms with Gasteiger partial charge in [0.15, 0.2) is 0 Å². The Morgan fingerprint density at radius 3 is 2.22 bits per heavy atom. The average Bonchev–Trinajstić information content (AvgIpc) is 2.08. The Labute approximate surface area is 60.1 Å². The van der Waals surface area contributed by atoms with Gasteiger partial charge < -0.3 is 0 Å². The molecule has 3 heteroatoms. The van der Waals surface area contributed by atoms with Gasteiger partial charge in [-0.05, 0) is 0 Å². The number of nitrogens with zero attached hydrogens (tertiary/aromatic N) is 2. The molecule has 0 bridgehead atoms. The average molecular weight is 231 g/mol. The predicted molar refractivity (Wildman–Crippen MR) is 41.0 cm³/mol. The number of aromatic nitrogens is 2. The molecule has 1 aromatic rings. The van der Waals surface area contributed by atoms with Crippen LogP contribution in [-0.2, 0) is 0 Å². The van der Waals surface area contributed by atoms with Crippen LogP contribution in [0.2, 0.25) is 14.8 Å². The second kappa shape index (κ2) is 2.32. The molecule has 0 aliphatic heterocycles. The summed E-state index contributed by atoms with van der Waals surface area (Å²) >= 11 is -1.84. The summed E-state index contributed by atoms with van der Waals surface area (Å²) < 4.78 is 2.15. The van der Waals surface area contributed by atoms with Crippen molar-refractivity contribution in [2.75, 3.05) is 0 Å². The maximum absolute atomic E-state index is 4.20. The van der Waals surface area contributed by atoms with Gasteiger partial charge >= 0.3 is 59.9 Å². The van der Waals surface area contributed by atoms with E-state index < -0.39 is 18.7 Å². The first-order valence-electron chi connectivity index (χ1n) is 3.11. The molecule has 0 aliphatic rings. The molecular weight excluding hydrogens is 219 g/mol. The molecule has 1 heterocycles. The Hall–Kier alpha value is 0.00870. The van der Waals surface area contributed by atoms with Gasteiger partial charge in [-0.2, -0.15) is 0 Å². The van der Waals surface area contributed by atoms with Crippen molar-refractivity contribution in [3.8, 4) is 0 Å². The molecule has 0 aliphatic carbocycles. The molecule has 0 amide bonds. The molecule has 50 valence electrons. The van der Waals surface area contributed by atoms with Gasteiger partial charge in [0.25, 0.3) is 0 Å². The van der Waals surface area contributed by atoms with E-state index >= 15 is 0 Å². The first kappa shape index (κ1) is 7.12. The summed E-state index contributed by atoms with van der Waals surface area (Å²) in [5.74, 6) is 0. The van der Waals surface area contributed by atoms with Crippen LogP contribution in [0.1, 0.15) is 0 Å². The molecule has 0 saturated heterocycles. The van der Waals surface area contributed by atoms with Crippen LogP contribution in [0, 0.1) is 0 Å². The summed E-state index contributed by atoms with van der Waals surface area (Å²) in [6, 6.07) is 1.99. The molecule has 1 aromatic heterocycles. The van der Waals surface area contributed by atoms with E-state index in [0.29, 0.717) is 0 Å². The van der Waals surface area contributed by atoms with E-state index in [-0.39, 0.29) is 0 Å². The van der Waals surface area contributed by atoms with E-state index in [2.05, 4.69) is 29.0 Å². The van der Waals surface area contributed by atoms with Crippen LogP contribution in [0.5, 0.6) is 0 Å². The molecular formula is C6H12N2Sn. The summed E-state index contributed by atoms with van der Waals surface area (Å²) in [5, 5.41) is 4.20. The first-order valence-corrected chi connectivity index (χ1v) is 12.9. The molecule has 9 heavy (non-hydrogen) atoms. The van der Waals surface area contributed by atoms with Crippen LogP contribution in [0.3, 0.4) is 0 Å². The van der Waals surface area contributed by atoms with Gasteiger partial charge in [-0.1, -0.05) is 0 Å². The van der Waals surface area contributed by atoms with Gasteiger partial charge in [0, 0.05) is 0 Å². The van der Waals surface area contributed by atoms with E-state index in [1.807, 2.05) is 12.3 Å². The van der Waals surface area contributed by atoms with Gasteiger partial charge in [0.05, 0.1) is 0 Å². The number of hydrogen-bond acceptors (Lipinski definition) is 1. The molecule has 1 rings (SSSR count). The fraction of sp³-hybridized carbons (Fsp3) is 0.500. The molecule has 0 fully saturated rings. The van der Waals surface area contributed by atoms with E-state index in [4.69, 9.17) is 0 Å². The second-order valence-electron chi connectivity index (χ2n) is 3.12. The maximum atomic E-state index is 4.20. The minimum absolute atomic E-state index is 1.84. The van der Waals surface area contributed by atoms with Gasteiger partial charge in [-0.3, -0.25) is 0 Å². The molecule has 0 saturated carbocycles. The monoisotopic (exact) mass is 232 g/mol. The summed E-state index contributed by atoms with van der Waals surface area (Å²) in [5.41, 5.74) is 0. The van der Waals surface area contributed by atoms with Crippen molar-refractivity contribution in [3.63, 3.8) is 0 Å². The molecule has 0 spiro atoms. The van der Waals surface area contributed by atoms with Crippen molar-refractivity contribution in [3.05, 3.63) is 18.5 Å². The van der Waals surface area contributed by atoms with Gasteiger partial charge in [-0.25, -0.2) is 0 Å². The Morgan fingerprint density at radius 2 is 2.00 bits per heavy atom. The van der Waals surface area contributed by atoms with Crippen molar-refractivity contribution in [1.29, 1.82) is 0 Å². The van der Waals surface area contributed by atoms with Crippen molar-refractivity contribution in [2.24, 2.45) is 0 Å². The number of hydrogen-bond donors (Lipinski definition) is 0. The van der Waals surface area contributed by atoms with Gasteiger partial charge in [0.1, 0.15) is 0 Å². The summed E-state index contributed by atoms with van der Waals surface area (Å²) in [7, 11) is 0. The van der Waals surface area contributed by atoms with E-state index in [0.717, 1.165) is 0 Å². The fourth-order valence-electron chi connectivity index (χ4n) is 0.666. The van der Waals surface area contributed by atoms with E-state index in [9.17, 15) is 0 Å². The topological polar surface area (TPSA) is 17.8 Å². The normalized spacial score (nSPS) is 11.9. The Kier molecular flexibility index (Phi) is 1.84. The quantitative estimate of drug-likeness (QED) is 0.670. The van der Waals surface area contributed by atoms with E-state index in [1.165, 1.54) is 0 Å². The SMILES string of the molecule is [CH3][Sn]([CH3])([CH3])[n]1cccn1. The summed E-state index contributed by atoms with van der Waals surface area (Å²) in [6.45, 7) is 0. The van der Waals surface area contributed by atoms with Gasteiger partial charge in [-0.15, -0.1) is 0 Å². The Bertz CT molecular complexity index is 173. The number of rotatable bonds is 1. The third-order valence-electron chi connectivity index (χ3n) is 1.19. The molecule has 0 radical (unpaired) electrons. The van der Waals surface area contributed by atoms with Crippen molar-refractivity contribution < 1.29 is 0 Å². The molecule has 0 aromatic carbocycles. The van der Waals surface area contributed by atoms with Crippen LogP contribution in [0.15, 0.2) is 18.5 Å². The summed E-state index contributed by atoms with van der Waals surface area (Å²) in [4.78, 5) is 7.00. The predicted octanol–water partition coefficient (Wildman–Crippen LogP) is 1.57. The zero-order valence-electron chi connectivity index (χ0n) is 6.13. The Balaban J connectivity index is 2.90. The standard InChI is InChI=1S/C3H3N2.3CH3.Sn/c1-2-4-5-3-1;;;;/h1-3H;3*1H3;/q-1;;;;+1. The van der Waals surface area contributed by atoms with Crippen molar-refractivity contribution in [2.45, 2.75) is 14.8 Å². The van der Waals surface area contributed by atoms with Crippen molar-refractivity contribution in [1.82, 2.24) is 8.00 Å². The van der Waals surface area contributed by atoms with E-state index in [1.54, 1.807) is 0 Å². The van der Waals surface area contributed by atoms with Crippen molar-refractivity contribution >= 4 is 18.7 Å². The second-order valence-corrected chi connectivity index (χ2v) is 16.8. The van der Waals surface area contributed by atoms with Gasteiger partial charge in [0.2, 0.25) is 0 Å². The van der Waals surface area contributed by atoms with Crippen LogP contribution in [0.25, 0.3) is 0 Å². The van der Waals surface area contributed by atoms with Crippen LogP contribution < -0.4 is 0 Å². The zero-order chi connectivity index (χ0) is 6.91. The van der Waals surface area contributed by atoms with Crippen LogP contribution >= 0.6 is 0 Å². The van der Waals surface area contributed by atoms with Crippen LogP contribution in [-0.4, -0.2) is 26.7 Å². The van der Waals surface area contributed by atoms with Crippen LogP contribution in [0.4, 0.5) is 0 Å². The summed E-state index contributed by atoms with van der Waals surface area (Å²) in [6.07, 6.45) is 3.91. The fourth-order valence-corrected chi connectivity index (χ4v) is 3.37. The molecule has 0 atom stereocenters. The minimum atomic E-state index is -1.84. The zero-order valence-corrected chi connectivity index (χ0v) is 8.98. The molecule has 2 nitrogen and oxygen atoms in total. The third kappa shape index (κ3) is 1.71. The third-order valence-corrected chi connectivity index (χ3v) is 5.87.